The van der Waals surface area contributed by atoms with Crippen LogP contribution in [0.5, 0.6) is 0 Å². The van der Waals surface area contributed by atoms with Gasteiger partial charge in [-0.15, -0.1) is 0 Å². The molecule has 3 heteroatoms. The third-order valence-corrected chi connectivity index (χ3v) is 15.2. The number of fused-ring (bicyclic) bond motifs is 4. The monoisotopic (exact) mass is 817 g/mol. The Balaban J connectivity index is 0.810. The zero-order chi connectivity index (χ0) is 41.7. The van der Waals surface area contributed by atoms with E-state index in [0.717, 1.165) is 32.1 Å². The fraction of sp³-hybridized carbons (Fsp3) is 0.250. The Morgan fingerprint density at radius 3 is 1.95 bits per heavy atom. The second-order valence-corrected chi connectivity index (χ2v) is 18.9. The number of nitrogens with zero attached hydrogens (tertiary/aromatic N) is 1. The van der Waals surface area contributed by atoms with Crippen LogP contribution in [0.2, 0.25) is 0 Å². The molecule has 5 aromatic carbocycles. The van der Waals surface area contributed by atoms with E-state index in [4.69, 9.17) is 4.99 Å². The van der Waals surface area contributed by atoms with Gasteiger partial charge in [-0.2, -0.15) is 0 Å². The summed E-state index contributed by atoms with van der Waals surface area (Å²) in [6, 6.07) is 52.3. The lowest BCUT2D eigenvalue weighted by atomic mass is 9.64. The molecule has 310 valence electrons. The summed E-state index contributed by atoms with van der Waals surface area (Å²) in [5.41, 5.74) is 17.8. The molecule has 9 unspecified atom stereocenters. The van der Waals surface area contributed by atoms with Gasteiger partial charge in [0.2, 0.25) is 0 Å². The summed E-state index contributed by atoms with van der Waals surface area (Å²) in [5.74, 6) is 2.57. The minimum Gasteiger partial charge on any atom is -0.291 e. The summed E-state index contributed by atoms with van der Waals surface area (Å²) in [5, 5.41) is 8.17. The van der Waals surface area contributed by atoms with Gasteiger partial charge in [0.1, 0.15) is 0 Å². The van der Waals surface area contributed by atoms with Crippen LogP contribution in [0.25, 0.3) is 22.3 Å². The highest BCUT2D eigenvalue weighted by Gasteiger charge is 2.45. The van der Waals surface area contributed by atoms with Crippen LogP contribution in [0.4, 0.5) is 0 Å². The normalized spacial score (nSPS) is 29.4. The molecule has 12 rings (SSSR count). The Bertz CT molecular complexity index is 2750. The zero-order valence-corrected chi connectivity index (χ0v) is 35.9. The number of allylic oxidation sites excluding steroid dienone is 11. The molecule has 3 nitrogen and oxygen atoms in total. The van der Waals surface area contributed by atoms with Gasteiger partial charge in [0.25, 0.3) is 0 Å². The van der Waals surface area contributed by atoms with E-state index >= 15 is 0 Å². The molecule has 2 fully saturated rings. The molecule has 0 amide bonds. The SMILES string of the molecule is C1=CC2CC2C(C2=NC3C=CC4=CCC(c5ccc(C6NC(C7=CC=C(c8ccccc8)CC7)CC(c7ccc(-c8ccccc8)cc7)N6)cc5)CC4C3C(c3ccccc3)=C2)=C1. The molecule has 2 N–H and O–H groups in total. The van der Waals surface area contributed by atoms with Crippen molar-refractivity contribution >= 4 is 16.9 Å². The number of aliphatic imine (C=N–C) groups is 1. The van der Waals surface area contributed by atoms with Crippen LogP contribution < -0.4 is 10.6 Å². The maximum Gasteiger partial charge on any atom is 0.0844 e. The first-order valence-electron chi connectivity index (χ1n) is 23.5. The summed E-state index contributed by atoms with van der Waals surface area (Å²) in [6.45, 7) is 0. The quantitative estimate of drug-likeness (QED) is 0.164. The number of hydrogen-bond acceptors (Lipinski definition) is 3. The van der Waals surface area contributed by atoms with E-state index in [2.05, 4.69) is 205 Å². The molecule has 0 bridgehead atoms. The fourth-order valence-corrected chi connectivity index (χ4v) is 11.7. The Labute approximate surface area is 373 Å². The van der Waals surface area contributed by atoms with Crippen LogP contribution in [-0.2, 0) is 0 Å². The first-order chi connectivity index (χ1) is 31.2. The first kappa shape index (κ1) is 38.5. The standard InChI is InChI=1S/C60H55N3/c1-4-11-39(12-5-1)41-19-26-46(27-20-41)56-38-57(47-28-21-42(22-29-47)40-13-6-2-7-14-40)63-60(62-56)48-30-23-43(24-31-48)49-32-25-45-33-34-55-59(53(45)35-49)54(44-15-8-3-9-16-44)37-58(61-55)51-18-10-17-50-36-52(50)51/h1-21,23-28,30-31,33-34,37,49-50,52-53,55-57,59-60,62-63H,22,29,32,35-36,38H2. The Morgan fingerprint density at radius 1 is 0.524 bits per heavy atom. The summed E-state index contributed by atoms with van der Waals surface area (Å²) in [6.07, 6.45) is 28.2. The van der Waals surface area contributed by atoms with Gasteiger partial charge in [-0.25, -0.2) is 0 Å². The minimum absolute atomic E-state index is 0.0349. The molecule has 5 aromatic rings. The van der Waals surface area contributed by atoms with E-state index < -0.39 is 0 Å². The summed E-state index contributed by atoms with van der Waals surface area (Å²) in [4.78, 5) is 5.54. The van der Waals surface area contributed by atoms with Gasteiger partial charge in [0, 0.05) is 18.0 Å². The van der Waals surface area contributed by atoms with Crippen molar-refractivity contribution in [3.05, 3.63) is 239 Å². The topological polar surface area (TPSA) is 36.4 Å². The van der Waals surface area contributed by atoms with Crippen LogP contribution in [0, 0.1) is 23.7 Å². The summed E-state index contributed by atoms with van der Waals surface area (Å²) in [7, 11) is 0. The second kappa shape index (κ2) is 16.5. The smallest absolute Gasteiger partial charge is 0.0844 e. The largest absolute Gasteiger partial charge is 0.291 e. The molecule has 5 aliphatic carbocycles. The van der Waals surface area contributed by atoms with E-state index in [1.165, 1.54) is 78.9 Å². The molecule has 2 heterocycles. The van der Waals surface area contributed by atoms with Gasteiger partial charge < -0.3 is 0 Å². The van der Waals surface area contributed by atoms with Crippen LogP contribution in [0.15, 0.2) is 216 Å². The van der Waals surface area contributed by atoms with E-state index in [-0.39, 0.29) is 24.3 Å². The van der Waals surface area contributed by atoms with Crippen molar-refractivity contribution in [2.75, 3.05) is 0 Å². The van der Waals surface area contributed by atoms with Crippen molar-refractivity contribution in [2.45, 2.75) is 68.7 Å². The van der Waals surface area contributed by atoms with Gasteiger partial charge in [-0.1, -0.05) is 194 Å². The molecule has 63 heavy (non-hydrogen) atoms. The summed E-state index contributed by atoms with van der Waals surface area (Å²) >= 11 is 0. The van der Waals surface area contributed by atoms with Gasteiger partial charge in [-0.3, -0.25) is 15.6 Å². The Morgan fingerprint density at radius 2 is 1.21 bits per heavy atom. The van der Waals surface area contributed by atoms with Crippen molar-refractivity contribution in [3.63, 3.8) is 0 Å². The number of hydrogen-bond donors (Lipinski definition) is 2. The fourth-order valence-electron chi connectivity index (χ4n) is 11.7. The molecular formula is C60H55N3. The maximum atomic E-state index is 5.54. The van der Waals surface area contributed by atoms with E-state index in [9.17, 15) is 0 Å². The number of rotatable bonds is 8. The highest BCUT2D eigenvalue weighted by atomic mass is 15.2. The van der Waals surface area contributed by atoms with Crippen molar-refractivity contribution < 1.29 is 0 Å². The van der Waals surface area contributed by atoms with Crippen molar-refractivity contribution in [2.24, 2.45) is 28.7 Å². The van der Waals surface area contributed by atoms with Gasteiger partial charge >= 0.3 is 0 Å². The molecular weight excluding hydrogens is 763 g/mol. The minimum atomic E-state index is 0.0349. The van der Waals surface area contributed by atoms with Gasteiger partial charge in [-0.05, 0) is 130 Å². The number of dihydropyridines is 1. The lowest BCUT2D eigenvalue weighted by Crippen LogP contribution is -2.50. The van der Waals surface area contributed by atoms with Crippen molar-refractivity contribution in [3.8, 4) is 11.1 Å². The Hall–Kier alpha value is -6.13. The maximum absolute atomic E-state index is 5.54. The van der Waals surface area contributed by atoms with Crippen LogP contribution in [0.1, 0.15) is 84.5 Å². The van der Waals surface area contributed by atoms with E-state index in [1.54, 1.807) is 0 Å². The highest BCUT2D eigenvalue weighted by molar-refractivity contribution is 6.14. The van der Waals surface area contributed by atoms with Crippen molar-refractivity contribution in [1.82, 2.24) is 10.6 Å². The van der Waals surface area contributed by atoms with E-state index in [0.29, 0.717) is 29.6 Å². The molecule has 0 aromatic heterocycles. The molecule has 0 radical (unpaired) electrons. The second-order valence-electron chi connectivity index (χ2n) is 18.9. The third kappa shape index (κ3) is 7.62. The number of nitrogens with one attached hydrogen (secondary N) is 2. The lowest BCUT2D eigenvalue weighted by molar-refractivity contribution is 0.262. The third-order valence-electron chi connectivity index (χ3n) is 15.2. The molecule has 2 aliphatic heterocycles. The zero-order valence-electron chi connectivity index (χ0n) is 35.9. The predicted octanol–water partition coefficient (Wildman–Crippen LogP) is 13.5. The average molecular weight is 818 g/mol. The molecule has 0 spiro atoms. The molecule has 7 aliphatic rings. The lowest BCUT2D eigenvalue weighted by Gasteiger charge is -2.43. The van der Waals surface area contributed by atoms with Crippen LogP contribution in [-0.4, -0.2) is 17.8 Å². The number of benzene rings is 5. The highest BCUT2D eigenvalue weighted by Crippen LogP contribution is 2.53. The predicted molar refractivity (Wildman–Crippen MR) is 261 cm³/mol. The van der Waals surface area contributed by atoms with Crippen LogP contribution in [0.3, 0.4) is 0 Å². The first-order valence-corrected chi connectivity index (χ1v) is 23.5. The van der Waals surface area contributed by atoms with Gasteiger partial charge in [0.05, 0.1) is 17.9 Å². The average Bonchev–Trinajstić information content (AvgIpc) is 4.17. The Kier molecular flexibility index (Phi) is 10.1. The molecule has 1 saturated heterocycles. The molecule has 1 saturated carbocycles. The molecule has 9 atom stereocenters. The van der Waals surface area contributed by atoms with Crippen LogP contribution >= 0.6 is 0 Å². The summed E-state index contributed by atoms with van der Waals surface area (Å²) < 4.78 is 0. The van der Waals surface area contributed by atoms with E-state index in [1.807, 2.05) is 0 Å². The van der Waals surface area contributed by atoms with Crippen molar-refractivity contribution in [1.29, 1.82) is 0 Å². The van der Waals surface area contributed by atoms with Gasteiger partial charge in [0.15, 0.2) is 0 Å².